The van der Waals surface area contributed by atoms with Crippen molar-refractivity contribution in [2.24, 2.45) is 0 Å². The molecular formula is C10H14N4O2. The number of aromatic nitrogens is 1. The van der Waals surface area contributed by atoms with Crippen LogP contribution in [0.5, 0.6) is 0 Å². The predicted octanol–water partition coefficient (Wildman–Crippen LogP) is 0.828. The summed E-state index contributed by atoms with van der Waals surface area (Å²) in [6.45, 7) is 1.03. The summed E-state index contributed by atoms with van der Waals surface area (Å²) in [7, 11) is 0. The topological polar surface area (TPSA) is 91.5 Å². The number of nitrogens with two attached hydrogens (primary N) is 1. The van der Waals surface area contributed by atoms with Crippen LogP contribution in [0.2, 0.25) is 0 Å². The number of amides is 1. The molecule has 2 rings (SSSR count). The van der Waals surface area contributed by atoms with Crippen LogP contribution in [0.25, 0.3) is 0 Å². The summed E-state index contributed by atoms with van der Waals surface area (Å²) < 4.78 is 0. The van der Waals surface area contributed by atoms with Gasteiger partial charge in [-0.1, -0.05) is 0 Å². The number of pyridine rings is 1. The normalized spacial score (nSPS) is 19.8. The van der Waals surface area contributed by atoms with E-state index in [9.17, 15) is 4.79 Å². The third-order valence-electron chi connectivity index (χ3n) is 2.64. The first-order valence-corrected chi connectivity index (χ1v) is 5.11. The molecule has 1 fully saturated rings. The molecular weight excluding hydrogens is 208 g/mol. The maximum Gasteiger partial charge on any atom is 0.407 e. The summed E-state index contributed by atoms with van der Waals surface area (Å²) in [6.07, 6.45) is 1.56. The summed E-state index contributed by atoms with van der Waals surface area (Å²) in [5.74, 6) is 0.625. The lowest BCUT2D eigenvalue weighted by Crippen LogP contribution is -2.30. The minimum atomic E-state index is -0.877. The molecule has 86 valence electrons. The van der Waals surface area contributed by atoms with Crippen LogP contribution in [0.4, 0.5) is 16.3 Å². The van der Waals surface area contributed by atoms with Gasteiger partial charge < -0.3 is 21.1 Å². The van der Waals surface area contributed by atoms with Gasteiger partial charge in [-0.05, 0) is 18.6 Å². The molecule has 6 nitrogen and oxygen atoms in total. The van der Waals surface area contributed by atoms with E-state index in [1.54, 1.807) is 18.3 Å². The maximum atomic E-state index is 10.7. The SMILES string of the molecule is Nc1cccnc1N[C@@H]1CCN(C(=O)O)C1. The number of likely N-dealkylation sites (tertiary alicyclic amines) is 1. The molecule has 0 bridgehead atoms. The van der Waals surface area contributed by atoms with Crippen molar-refractivity contribution in [2.45, 2.75) is 12.5 Å². The first-order valence-electron chi connectivity index (χ1n) is 5.11. The van der Waals surface area contributed by atoms with E-state index in [2.05, 4.69) is 10.3 Å². The first kappa shape index (κ1) is 10.5. The molecule has 0 saturated carbocycles. The van der Waals surface area contributed by atoms with Crippen LogP contribution >= 0.6 is 0 Å². The van der Waals surface area contributed by atoms with Gasteiger partial charge >= 0.3 is 6.09 Å². The van der Waals surface area contributed by atoms with Crippen molar-refractivity contribution in [2.75, 3.05) is 24.1 Å². The maximum absolute atomic E-state index is 10.7. The van der Waals surface area contributed by atoms with Gasteiger partial charge in [-0.2, -0.15) is 0 Å². The number of carbonyl (C=O) groups is 1. The molecule has 0 unspecified atom stereocenters. The van der Waals surface area contributed by atoms with Gasteiger partial charge in [0.1, 0.15) is 5.82 Å². The Morgan fingerprint density at radius 2 is 2.50 bits per heavy atom. The zero-order valence-electron chi connectivity index (χ0n) is 8.76. The van der Waals surface area contributed by atoms with Gasteiger partial charge in [-0.3, -0.25) is 0 Å². The molecule has 1 atom stereocenters. The van der Waals surface area contributed by atoms with Crippen LogP contribution in [0.3, 0.4) is 0 Å². The molecule has 0 aliphatic carbocycles. The first-order chi connectivity index (χ1) is 7.66. The van der Waals surface area contributed by atoms with E-state index >= 15 is 0 Å². The Labute approximate surface area is 93.1 Å². The standard InChI is InChI=1S/C10H14N4O2/c11-8-2-1-4-12-9(8)13-7-3-5-14(6-7)10(15)16/h1-2,4,7H,3,5-6,11H2,(H,12,13)(H,15,16)/t7-/m1/s1. The fourth-order valence-electron chi connectivity index (χ4n) is 1.78. The van der Waals surface area contributed by atoms with Gasteiger partial charge in [0.15, 0.2) is 0 Å². The minimum absolute atomic E-state index is 0.0910. The molecule has 1 aromatic heterocycles. The van der Waals surface area contributed by atoms with Crippen molar-refractivity contribution >= 4 is 17.6 Å². The molecule has 0 spiro atoms. The Bertz CT molecular complexity index is 396. The largest absolute Gasteiger partial charge is 0.465 e. The Hall–Kier alpha value is -1.98. The van der Waals surface area contributed by atoms with Crippen molar-refractivity contribution in [1.82, 2.24) is 9.88 Å². The van der Waals surface area contributed by atoms with E-state index in [1.165, 1.54) is 4.90 Å². The number of carboxylic acid groups (broad SMARTS) is 1. The summed E-state index contributed by atoms with van der Waals surface area (Å²) in [6, 6.07) is 3.62. The van der Waals surface area contributed by atoms with Gasteiger partial charge in [0, 0.05) is 25.3 Å². The number of nitrogen functional groups attached to an aromatic ring is 1. The summed E-state index contributed by atoms with van der Waals surface area (Å²) in [5, 5.41) is 12.0. The van der Waals surface area contributed by atoms with E-state index in [4.69, 9.17) is 10.8 Å². The zero-order chi connectivity index (χ0) is 11.5. The Morgan fingerprint density at radius 1 is 1.69 bits per heavy atom. The molecule has 1 aromatic rings. The second-order valence-corrected chi connectivity index (χ2v) is 3.80. The van der Waals surface area contributed by atoms with Gasteiger partial charge in [-0.25, -0.2) is 9.78 Å². The quantitative estimate of drug-likeness (QED) is 0.689. The van der Waals surface area contributed by atoms with Gasteiger partial charge in [-0.15, -0.1) is 0 Å². The molecule has 1 aliphatic rings. The van der Waals surface area contributed by atoms with Gasteiger partial charge in [0.25, 0.3) is 0 Å². The summed E-state index contributed by atoms with van der Waals surface area (Å²) >= 11 is 0. The van der Waals surface area contributed by atoms with Crippen molar-refractivity contribution in [3.63, 3.8) is 0 Å². The molecule has 0 radical (unpaired) electrons. The Balaban J connectivity index is 1.97. The predicted molar refractivity (Wildman–Crippen MR) is 60.3 cm³/mol. The number of nitrogens with one attached hydrogen (secondary N) is 1. The van der Waals surface area contributed by atoms with E-state index in [0.717, 1.165) is 6.42 Å². The highest BCUT2D eigenvalue weighted by molar-refractivity contribution is 5.66. The monoisotopic (exact) mass is 222 g/mol. The summed E-state index contributed by atoms with van der Waals surface area (Å²) in [4.78, 5) is 16.2. The smallest absolute Gasteiger partial charge is 0.407 e. The molecule has 1 aliphatic heterocycles. The molecule has 6 heteroatoms. The molecule has 1 saturated heterocycles. The second-order valence-electron chi connectivity index (χ2n) is 3.80. The number of anilines is 2. The van der Waals surface area contributed by atoms with E-state index in [-0.39, 0.29) is 6.04 Å². The molecule has 2 heterocycles. The molecule has 0 aromatic carbocycles. The van der Waals surface area contributed by atoms with Crippen LogP contribution in [-0.2, 0) is 0 Å². The number of hydrogen-bond donors (Lipinski definition) is 3. The lowest BCUT2D eigenvalue weighted by molar-refractivity contribution is 0.155. The lowest BCUT2D eigenvalue weighted by atomic mass is 10.2. The third kappa shape index (κ3) is 2.16. The fraction of sp³-hybridized carbons (Fsp3) is 0.400. The van der Waals surface area contributed by atoms with Crippen molar-refractivity contribution in [3.8, 4) is 0 Å². The van der Waals surface area contributed by atoms with E-state index in [0.29, 0.717) is 24.6 Å². The van der Waals surface area contributed by atoms with E-state index < -0.39 is 6.09 Å². The average molecular weight is 222 g/mol. The Morgan fingerprint density at radius 3 is 3.12 bits per heavy atom. The number of hydrogen-bond acceptors (Lipinski definition) is 4. The van der Waals surface area contributed by atoms with Crippen molar-refractivity contribution < 1.29 is 9.90 Å². The van der Waals surface area contributed by atoms with Crippen molar-refractivity contribution in [1.29, 1.82) is 0 Å². The highest BCUT2D eigenvalue weighted by Gasteiger charge is 2.26. The second kappa shape index (κ2) is 4.26. The number of rotatable bonds is 2. The molecule has 1 amide bonds. The highest BCUT2D eigenvalue weighted by Crippen LogP contribution is 2.18. The molecule has 4 N–H and O–H groups in total. The third-order valence-corrected chi connectivity index (χ3v) is 2.64. The van der Waals surface area contributed by atoms with Crippen molar-refractivity contribution in [3.05, 3.63) is 18.3 Å². The van der Waals surface area contributed by atoms with Crippen LogP contribution in [0.15, 0.2) is 18.3 Å². The Kier molecular flexibility index (Phi) is 2.80. The van der Waals surface area contributed by atoms with Gasteiger partial charge in [0.05, 0.1) is 5.69 Å². The van der Waals surface area contributed by atoms with Crippen LogP contribution in [0, 0.1) is 0 Å². The zero-order valence-corrected chi connectivity index (χ0v) is 8.76. The number of nitrogens with zero attached hydrogens (tertiary/aromatic N) is 2. The molecule has 16 heavy (non-hydrogen) atoms. The van der Waals surface area contributed by atoms with E-state index in [1.807, 2.05) is 0 Å². The van der Waals surface area contributed by atoms with Crippen LogP contribution in [0.1, 0.15) is 6.42 Å². The van der Waals surface area contributed by atoms with Crippen LogP contribution in [-0.4, -0.2) is 40.2 Å². The average Bonchev–Trinajstić information content (AvgIpc) is 2.70. The summed E-state index contributed by atoms with van der Waals surface area (Å²) in [5.41, 5.74) is 6.32. The van der Waals surface area contributed by atoms with Crippen LogP contribution < -0.4 is 11.1 Å². The minimum Gasteiger partial charge on any atom is -0.465 e. The highest BCUT2D eigenvalue weighted by atomic mass is 16.4. The van der Waals surface area contributed by atoms with Gasteiger partial charge in [0.2, 0.25) is 0 Å². The fourth-order valence-corrected chi connectivity index (χ4v) is 1.78. The lowest BCUT2D eigenvalue weighted by Gasteiger charge is -2.15.